The fourth-order valence-electron chi connectivity index (χ4n) is 2.94. The number of anilines is 1. The fourth-order valence-corrected chi connectivity index (χ4v) is 2.94. The van der Waals surface area contributed by atoms with Gasteiger partial charge in [-0.1, -0.05) is 12.1 Å². The Morgan fingerprint density at radius 3 is 2.42 bits per heavy atom. The van der Waals surface area contributed by atoms with E-state index in [9.17, 15) is 18.4 Å². The van der Waals surface area contributed by atoms with Gasteiger partial charge >= 0.3 is 6.09 Å². The van der Waals surface area contributed by atoms with Crippen molar-refractivity contribution < 1.29 is 42.9 Å². The van der Waals surface area contributed by atoms with Crippen LogP contribution in [0.25, 0.3) is 0 Å². The van der Waals surface area contributed by atoms with Crippen LogP contribution < -0.4 is 15.5 Å². The minimum absolute atomic E-state index is 0.0870. The Kier molecular flexibility index (Phi) is 9.73. The SMILES string of the molecule is CO[C@H](/C(C)=C/C(=O)NO)[C@H](OC(=O)Nc1ccc(F)cc1F)c1ccc(OCCO)cc1. The van der Waals surface area contributed by atoms with Crippen molar-refractivity contribution in [2.24, 2.45) is 0 Å². The molecular weight excluding hydrogens is 442 g/mol. The van der Waals surface area contributed by atoms with Gasteiger partial charge in [0.05, 0.1) is 12.3 Å². The van der Waals surface area contributed by atoms with E-state index in [1.54, 1.807) is 24.3 Å². The number of aliphatic hydroxyl groups is 1. The van der Waals surface area contributed by atoms with E-state index >= 15 is 0 Å². The molecule has 0 bridgehead atoms. The number of benzene rings is 2. The van der Waals surface area contributed by atoms with Crippen LogP contribution in [-0.4, -0.2) is 48.7 Å². The summed E-state index contributed by atoms with van der Waals surface area (Å²) in [5.41, 5.74) is 1.90. The van der Waals surface area contributed by atoms with Gasteiger partial charge in [-0.3, -0.25) is 15.3 Å². The van der Waals surface area contributed by atoms with E-state index < -0.39 is 35.8 Å². The summed E-state index contributed by atoms with van der Waals surface area (Å²) in [6.45, 7) is 1.44. The highest BCUT2D eigenvalue weighted by atomic mass is 19.1. The molecule has 0 saturated carbocycles. The standard InChI is InChI=1S/C22H24F2N2O7/c1-13(11-19(28)26-30)20(31-2)21(14-3-6-16(7-4-14)32-10-9-27)33-22(29)25-18-8-5-15(23)12-17(18)24/h3-8,11-12,20-21,27,30H,9-10H2,1-2H3,(H,25,29)(H,26,28)/b13-11+/t20-,21-/m1/s1. The van der Waals surface area contributed by atoms with Gasteiger partial charge in [0.25, 0.3) is 5.91 Å². The van der Waals surface area contributed by atoms with E-state index in [2.05, 4.69) is 5.32 Å². The number of rotatable bonds is 10. The molecule has 0 unspecified atom stereocenters. The number of ether oxygens (including phenoxy) is 3. The summed E-state index contributed by atoms with van der Waals surface area (Å²) < 4.78 is 43.3. The molecule has 2 amide bonds. The second-order valence-electron chi connectivity index (χ2n) is 6.74. The summed E-state index contributed by atoms with van der Waals surface area (Å²) in [6.07, 6.45) is -2.10. The Bertz CT molecular complexity index is 983. The van der Waals surface area contributed by atoms with Crippen molar-refractivity contribution in [3.05, 3.63) is 71.3 Å². The van der Waals surface area contributed by atoms with Gasteiger partial charge in [-0.2, -0.15) is 0 Å². The molecule has 9 nitrogen and oxygen atoms in total. The van der Waals surface area contributed by atoms with Gasteiger partial charge in [0.2, 0.25) is 0 Å². The van der Waals surface area contributed by atoms with Crippen molar-refractivity contribution >= 4 is 17.7 Å². The average Bonchev–Trinajstić information content (AvgIpc) is 2.79. The number of aliphatic hydroxyl groups excluding tert-OH is 1. The van der Waals surface area contributed by atoms with Crippen molar-refractivity contribution in [3.63, 3.8) is 0 Å². The van der Waals surface area contributed by atoms with E-state index in [-0.39, 0.29) is 18.9 Å². The Labute approximate surface area is 188 Å². The van der Waals surface area contributed by atoms with E-state index in [4.69, 9.17) is 24.5 Å². The van der Waals surface area contributed by atoms with Crippen LogP contribution in [0.4, 0.5) is 19.3 Å². The van der Waals surface area contributed by atoms with E-state index in [1.165, 1.54) is 19.5 Å². The summed E-state index contributed by atoms with van der Waals surface area (Å²) in [5, 5.41) is 19.8. The van der Waals surface area contributed by atoms with E-state index in [1.807, 2.05) is 0 Å². The molecule has 2 atom stereocenters. The number of carbonyl (C=O) groups excluding carboxylic acids is 2. The summed E-state index contributed by atoms with van der Waals surface area (Å²) in [6, 6.07) is 8.92. The molecule has 33 heavy (non-hydrogen) atoms. The summed E-state index contributed by atoms with van der Waals surface area (Å²) in [7, 11) is 1.32. The number of amides is 2. The zero-order valence-corrected chi connectivity index (χ0v) is 17.9. The maximum atomic E-state index is 13.9. The summed E-state index contributed by atoms with van der Waals surface area (Å²) in [5.74, 6) is -2.17. The highest BCUT2D eigenvalue weighted by Crippen LogP contribution is 2.30. The summed E-state index contributed by atoms with van der Waals surface area (Å²) in [4.78, 5) is 24.1. The monoisotopic (exact) mass is 466 g/mol. The van der Waals surface area contributed by atoms with Crippen LogP contribution in [0.1, 0.15) is 18.6 Å². The smallest absolute Gasteiger partial charge is 0.412 e. The van der Waals surface area contributed by atoms with Crippen molar-refractivity contribution in [1.29, 1.82) is 0 Å². The first kappa shape index (κ1) is 25.7. The molecule has 0 aromatic heterocycles. The molecule has 0 fully saturated rings. The zero-order valence-electron chi connectivity index (χ0n) is 17.9. The second-order valence-corrected chi connectivity index (χ2v) is 6.74. The number of carbonyl (C=O) groups is 2. The molecule has 4 N–H and O–H groups in total. The predicted molar refractivity (Wildman–Crippen MR) is 113 cm³/mol. The molecule has 0 aliphatic carbocycles. The third kappa shape index (κ3) is 7.52. The minimum Gasteiger partial charge on any atom is -0.491 e. The van der Waals surface area contributed by atoms with Crippen LogP contribution in [0, 0.1) is 11.6 Å². The first-order valence-corrected chi connectivity index (χ1v) is 9.70. The lowest BCUT2D eigenvalue weighted by molar-refractivity contribution is -0.124. The Balaban J connectivity index is 2.33. The topological polar surface area (TPSA) is 126 Å². The van der Waals surface area contributed by atoms with Crippen LogP contribution in [-0.2, 0) is 14.3 Å². The number of hydrogen-bond donors (Lipinski definition) is 4. The van der Waals surface area contributed by atoms with Crippen LogP contribution in [0.5, 0.6) is 5.75 Å². The van der Waals surface area contributed by atoms with Gasteiger partial charge in [0.15, 0.2) is 6.10 Å². The highest BCUT2D eigenvalue weighted by Gasteiger charge is 2.29. The molecule has 0 saturated heterocycles. The quantitative estimate of drug-likeness (QED) is 0.241. The van der Waals surface area contributed by atoms with Gasteiger partial charge in [0.1, 0.15) is 30.1 Å². The van der Waals surface area contributed by atoms with Gasteiger partial charge in [-0.15, -0.1) is 0 Å². The lowest BCUT2D eigenvalue weighted by Crippen LogP contribution is -2.30. The van der Waals surface area contributed by atoms with Gasteiger partial charge < -0.3 is 19.3 Å². The second kappa shape index (κ2) is 12.5. The first-order valence-electron chi connectivity index (χ1n) is 9.70. The van der Waals surface area contributed by atoms with Gasteiger partial charge in [-0.25, -0.2) is 19.1 Å². The highest BCUT2D eigenvalue weighted by molar-refractivity contribution is 5.87. The van der Waals surface area contributed by atoms with Crippen molar-refractivity contribution in [3.8, 4) is 5.75 Å². The zero-order chi connectivity index (χ0) is 24.4. The van der Waals surface area contributed by atoms with Crippen molar-refractivity contribution in [2.45, 2.75) is 19.1 Å². The minimum atomic E-state index is -1.12. The third-order valence-corrected chi connectivity index (χ3v) is 4.42. The van der Waals surface area contributed by atoms with Gasteiger partial charge in [0, 0.05) is 19.3 Å². The lowest BCUT2D eigenvalue weighted by atomic mass is 9.98. The lowest BCUT2D eigenvalue weighted by Gasteiger charge is -2.27. The Morgan fingerprint density at radius 2 is 1.85 bits per heavy atom. The van der Waals surface area contributed by atoms with Crippen LogP contribution >= 0.6 is 0 Å². The molecule has 0 spiro atoms. The van der Waals surface area contributed by atoms with Crippen LogP contribution in [0.15, 0.2) is 54.1 Å². The van der Waals surface area contributed by atoms with E-state index in [0.717, 1.165) is 18.2 Å². The predicted octanol–water partition coefficient (Wildman–Crippen LogP) is 3.09. The van der Waals surface area contributed by atoms with E-state index in [0.29, 0.717) is 23.0 Å². The molecule has 0 heterocycles. The van der Waals surface area contributed by atoms with Crippen molar-refractivity contribution in [2.75, 3.05) is 25.6 Å². The number of hydroxylamine groups is 1. The molecule has 0 aliphatic heterocycles. The molecule has 11 heteroatoms. The normalized spacial score (nSPS) is 13.1. The average molecular weight is 466 g/mol. The molecular formula is C22H24F2N2O7. The van der Waals surface area contributed by atoms with Crippen LogP contribution in [0.2, 0.25) is 0 Å². The molecule has 2 aromatic carbocycles. The number of nitrogens with one attached hydrogen (secondary N) is 2. The van der Waals surface area contributed by atoms with Crippen molar-refractivity contribution in [1.82, 2.24) is 5.48 Å². The molecule has 178 valence electrons. The molecule has 0 radical (unpaired) electrons. The number of methoxy groups -OCH3 is 1. The number of hydrogen-bond acceptors (Lipinski definition) is 7. The maximum absolute atomic E-state index is 13.9. The molecule has 2 rings (SSSR count). The number of halogens is 2. The Morgan fingerprint density at radius 1 is 1.15 bits per heavy atom. The molecule has 0 aliphatic rings. The molecule has 2 aromatic rings. The maximum Gasteiger partial charge on any atom is 0.412 e. The Hall–Kier alpha value is -3.54. The largest absolute Gasteiger partial charge is 0.491 e. The first-order chi connectivity index (χ1) is 15.8. The van der Waals surface area contributed by atoms with Gasteiger partial charge in [-0.05, 0) is 42.3 Å². The van der Waals surface area contributed by atoms with Crippen LogP contribution in [0.3, 0.4) is 0 Å². The fraction of sp³-hybridized carbons (Fsp3) is 0.273. The third-order valence-electron chi connectivity index (χ3n) is 4.42. The summed E-state index contributed by atoms with van der Waals surface area (Å²) >= 11 is 0.